The molecule has 0 aliphatic carbocycles. The van der Waals surface area contributed by atoms with Crippen LogP contribution in [-0.2, 0) is 6.42 Å². The molecule has 0 radical (unpaired) electrons. The van der Waals surface area contributed by atoms with E-state index in [9.17, 15) is 10.1 Å². The summed E-state index contributed by atoms with van der Waals surface area (Å²) in [5.41, 5.74) is 1.21. The number of non-ortho nitro benzene ring substituents is 1. The summed E-state index contributed by atoms with van der Waals surface area (Å²) in [7, 11) is 0. The molecule has 4 heteroatoms. The van der Waals surface area contributed by atoms with Gasteiger partial charge in [-0.15, -0.1) is 0 Å². The van der Waals surface area contributed by atoms with Crippen molar-refractivity contribution < 1.29 is 9.66 Å². The second-order valence-corrected chi connectivity index (χ2v) is 4.19. The van der Waals surface area contributed by atoms with Gasteiger partial charge in [-0.05, 0) is 30.5 Å². The summed E-state index contributed by atoms with van der Waals surface area (Å²) in [5.74, 6) is 0.867. The molecule has 2 aromatic carbocycles. The van der Waals surface area contributed by atoms with Crippen LogP contribution in [0.25, 0.3) is 0 Å². The van der Waals surface area contributed by atoms with E-state index in [1.54, 1.807) is 12.1 Å². The Morgan fingerprint density at radius 2 is 1.68 bits per heavy atom. The zero-order valence-electron chi connectivity index (χ0n) is 10.5. The van der Waals surface area contributed by atoms with Crippen LogP contribution >= 0.6 is 0 Å². The summed E-state index contributed by atoms with van der Waals surface area (Å²) in [6.07, 6.45) is 1.73. The molecule has 0 aliphatic heterocycles. The van der Waals surface area contributed by atoms with Crippen LogP contribution in [-0.4, -0.2) is 11.5 Å². The molecule has 0 bridgehead atoms. The van der Waals surface area contributed by atoms with E-state index in [1.165, 1.54) is 12.1 Å². The number of aryl methyl sites for hydroxylation is 1. The van der Waals surface area contributed by atoms with Gasteiger partial charge in [0.15, 0.2) is 0 Å². The van der Waals surface area contributed by atoms with E-state index in [0.717, 1.165) is 24.2 Å². The van der Waals surface area contributed by atoms with Crippen molar-refractivity contribution in [2.24, 2.45) is 0 Å². The Bertz CT molecular complexity index is 523. The summed E-state index contributed by atoms with van der Waals surface area (Å²) >= 11 is 0. The van der Waals surface area contributed by atoms with Gasteiger partial charge in [-0.3, -0.25) is 10.1 Å². The highest BCUT2D eigenvalue weighted by atomic mass is 16.6. The maximum absolute atomic E-state index is 10.5. The first-order valence-electron chi connectivity index (χ1n) is 6.17. The Balaban J connectivity index is 1.75. The van der Waals surface area contributed by atoms with E-state index in [4.69, 9.17) is 4.74 Å². The molecule has 0 aromatic heterocycles. The average molecular weight is 257 g/mol. The zero-order chi connectivity index (χ0) is 13.5. The summed E-state index contributed by atoms with van der Waals surface area (Å²) in [5, 5.41) is 10.5. The number of nitro benzene ring substituents is 1. The number of rotatable bonds is 6. The van der Waals surface area contributed by atoms with E-state index in [0.29, 0.717) is 6.61 Å². The minimum atomic E-state index is -0.387. The predicted octanol–water partition coefficient (Wildman–Crippen LogP) is 3.61. The van der Waals surface area contributed by atoms with Gasteiger partial charge in [-0.1, -0.05) is 30.3 Å². The van der Waals surface area contributed by atoms with Crippen LogP contribution in [0.4, 0.5) is 5.69 Å². The molecule has 2 aromatic rings. The van der Waals surface area contributed by atoms with Gasteiger partial charge in [-0.2, -0.15) is 0 Å². The number of benzene rings is 2. The lowest BCUT2D eigenvalue weighted by molar-refractivity contribution is -0.384. The molecule has 0 amide bonds. The van der Waals surface area contributed by atoms with Crippen molar-refractivity contribution in [2.75, 3.05) is 6.61 Å². The summed E-state index contributed by atoms with van der Waals surface area (Å²) < 4.78 is 5.58. The number of hydrogen-bond acceptors (Lipinski definition) is 3. The van der Waals surface area contributed by atoms with Gasteiger partial charge < -0.3 is 4.74 Å². The molecule has 4 nitrogen and oxygen atoms in total. The molecule has 98 valence electrons. The van der Waals surface area contributed by atoms with Gasteiger partial charge in [0.05, 0.1) is 11.5 Å². The van der Waals surface area contributed by atoms with Crippen molar-refractivity contribution in [1.29, 1.82) is 0 Å². The lowest BCUT2D eigenvalue weighted by atomic mass is 10.1. The summed E-state index contributed by atoms with van der Waals surface area (Å²) in [4.78, 5) is 10.1. The van der Waals surface area contributed by atoms with Gasteiger partial charge in [0.2, 0.25) is 0 Å². The summed E-state index contributed by atoms with van der Waals surface area (Å²) in [6.45, 7) is 0.640. The van der Waals surface area contributed by atoms with Crippen LogP contribution in [0.2, 0.25) is 0 Å². The van der Waals surface area contributed by atoms with Gasteiger partial charge >= 0.3 is 0 Å². The molecule has 0 saturated heterocycles. The van der Waals surface area contributed by atoms with Crippen molar-refractivity contribution in [1.82, 2.24) is 0 Å². The fraction of sp³-hybridized carbons (Fsp3) is 0.200. The maximum Gasteiger partial charge on any atom is 0.269 e. The lowest BCUT2D eigenvalue weighted by Gasteiger charge is -2.05. The maximum atomic E-state index is 10.5. The summed E-state index contributed by atoms with van der Waals surface area (Å²) in [6, 6.07) is 16.3. The Morgan fingerprint density at radius 3 is 2.32 bits per heavy atom. The second kappa shape index (κ2) is 6.54. The SMILES string of the molecule is O=[N+]([O-])c1ccc(CCCOc2ccccc2)cc1. The van der Waals surface area contributed by atoms with E-state index in [2.05, 4.69) is 0 Å². The van der Waals surface area contributed by atoms with Gasteiger partial charge in [-0.25, -0.2) is 0 Å². The number of hydrogen-bond donors (Lipinski definition) is 0. The standard InChI is InChI=1S/C15H15NO3/c17-16(18)14-10-8-13(9-11-14)5-4-12-19-15-6-2-1-3-7-15/h1-3,6-11H,4-5,12H2. The minimum Gasteiger partial charge on any atom is -0.494 e. The van der Waals surface area contributed by atoms with Crippen molar-refractivity contribution >= 4 is 5.69 Å². The third-order valence-corrected chi connectivity index (χ3v) is 2.77. The predicted molar refractivity (Wildman–Crippen MR) is 73.4 cm³/mol. The number of nitro groups is 1. The van der Waals surface area contributed by atoms with Crippen molar-refractivity contribution in [2.45, 2.75) is 12.8 Å². The minimum absolute atomic E-state index is 0.129. The first kappa shape index (κ1) is 13.1. The molecule has 0 heterocycles. The fourth-order valence-electron chi connectivity index (χ4n) is 1.77. The molecule has 0 atom stereocenters. The van der Waals surface area contributed by atoms with E-state index in [1.807, 2.05) is 30.3 Å². The average Bonchev–Trinajstić information content (AvgIpc) is 2.45. The zero-order valence-corrected chi connectivity index (χ0v) is 10.5. The third-order valence-electron chi connectivity index (χ3n) is 2.77. The van der Waals surface area contributed by atoms with Crippen molar-refractivity contribution in [3.63, 3.8) is 0 Å². The molecule has 0 unspecified atom stereocenters. The Hall–Kier alpha value is -2.36. The molecule has 0 saturated carbocycles. The van der Waals surface area contributed by atoms with Crippen LogP contribution in [0.1, 0.15) is 12.0 Å². The van der Waals surface area contributed by atoms with Gasteiger partial charge in [0.1, 0.15) is 5.75 Å². The van der Waals surface area contributed by atoms with Crippen LogP contribution < -0.4 is 4.74 Å². The van der Waals surface area contributed by atoms with Crippen LogP contribution in [0, 0.1) is 10.1 Å². The van der Waals surface area contributed by atoms with Crippen LogP contribution in [0.5, 0.6) is 5.75 Å². The third kappa shape index (κ3) is 4.10. The molecule has 2 rings (SSSR count). The quantitative estimate of drug-likeness (QED) is 0.451. The van der Waals surface area contributed by atoms with E-state index >= 15 is 0 Å². The molecule has 0 N–H and O–H groups in total. The highest BCUT2D eigenvalue weighted by Gasteiger charge is 2.03. The van der Waals surface area contributed by atoms with Gasteiger partial charge in [0, 0.05) is 12.1 Å². The number of nitrogens with zero attached hydrogens (tertiary/aromatic N) is 1. The van der Waals surface area contributed by atoms with E-state index in [-0.39, 0.29) is 10.6 Å². The first-order chi connectivity index (χ1) is 9.25. The number of para-hydroxylation sites is 1. The molecule has 19 heavy (non-hydrogen) atoms. The topological polar surface area (TPSA) is 52.4 Å². The molecular formula is C15H15NO3. The highest BCUT2D eigenvalue weighted by molar-refractivity contribution is 5.32. The normalized spacial score (nSPS) is 10.1. The molecular weight excluding hydrogens is 242 g/mol. The van der Waals surface area contributed by atoms with Crippen LogP contribution in [0.3, 0.4) is 0 Å². The highest BCUT2D eigenvalue weighted by Crippen LogP contribution is 2.14. The molecule has 0 fully saturated rings. The largest absolute Gasteiger partial charge is 0.494 e. The van der Waals surface area contributed by atoms with Crippen molar-refractivity contribution in [3.8, 4) is 5.75 Å². The van der Waals surface area contributed by atoms with Crippen LogP contribution in [0.15, 0.2) is 54.6 Å². The lowest BCUT2D eigenvalue weighted by Crippen LogP contribution is -1.99. The monoisotopic (exact) mass is 257 g/mol. The molecule has 0 aliphatic rings. The Morgan fingerprint density at radius 1 is 1.00 bits per heavy atom. The van der Waals surface area contributed by atoms with Crippen molar-refractivity contribution in [3.05, 3.63) is 70.3 Å². The Kier molecular flexibility index (Phi) is 4.50. The molecule has 0 spiro atoms. The van der Waals surface area contributed by atoms with Gasteiger partial charge in [0.25, 0.3) is 5.69 Å². The fourth-order valence-corrected chi connectivity index (χ4v) is 1.77. The second-order valence-electron chi connectivity index (χ2n) is 4.19. The Labute approximate surface area is 111 Å². The smallest absolute Gasteiger partial charge is 0.269 e. The van der Waals surface area contributed by atoms with E-state index < -0.39 is 0 Å². The first-order valence-corrected chi connectivity index (χ1v) is 6.17. The number of ether oxygens (including phenoxy) is 1.